The highest BCUT2D eigenvalue weighted by Gasteiger charge is 2.29. The molecular weight excluding hydrogens is 368 g/mol. The Bertz CT molecular complexity index is 970. The number of carbonyl (C=O) groups is 1. The van der Waals surface area contributed by atoms with Crippen LogP contribution in [-0.4, -0.2) is 37.9 Å². The van der Waals surface area contributed by atoms with Gasteiger partial charge in [-0.15, -0.1) is 10.2 Å². The fourth-order valence-electron chi connectivity index (χ4n) is 3.67. The topological polar surface area (TPSA) is 51.0 Å². The minimum atomic E-state index is 0.158. The van der Waals surface area contributed by atoms with Gasteiger partial charge in [0, 0.05) is 12.2 Å². The van der Waals surface area contributed by atoms with Crippen molar-refractivity contribution in [2.45, 2.75) is 37.9 Å². The van der Waals surface area contributed by atoms with Crippen molar-refractivity contribution in [2.24, 2.45) is 0 Å². The third-order valence-corrected chi connectivity index (χ3v) is 6.30. The predicted octanol–water partition coefficient (Wildman–Crippen LogP) is 4.34. The molecule has 1 aromatic heterocycles. The van der Waals surface area contributed by atoms with Crippen molar-refractivity contribution in [1.29, 1.82) is 0 Å². The average Bonchev–Trinajstić information content (AvgIpc) is 3.38. The average molecular weight is 393 g/mol. The summed E-state index contributed by atoms with van der Waals surface area (Å²) in [4.78, 5) is 14.9. The molecule has 1 saturated heterocycles. The van der Waals surface area contributed by atoms with Gasteiger partial charge in [-0.2, -0.15) is 0 Å². The van der Waals surface area contributed by atoms with E-state index in [0.717, 1.165) is 30.2 Å². The van der Waals surface area contributed by atoms with E-state index in [1.165, 1.54) is 28.5 Å². The summed E-state index contributed by atoms with van der Waals surface area (Å²) in [6, 6.07) is 16.8. The van der Waals surface area contributed by atoms with Gasteiger partial charge in [-0.1, -0.05) is 48.2 Å². The van der Waals surface area contributed by atoms with Gasteiger partial charge in [-0.25, -0.2) is 0 Å². The van der Waals surface area contributed by atoms with Crippen LogP contribution < -0.4 is 0 Å². The number of aryl methyl sites for hydroxylation is 2. The lowest BCUT2D eigenvalue weighted by atomic mass is 10.0. The Balaban J connectivity index is 1.46. The molecule has 1 amide bonds. The first-order valence-electron chi connectivity index (χ1n) is 9.58. The van der Waals surface area contributed by atoms with Crippen LogP contribution in [0.15, 0.2) is 60.0 Å². The highest BCUT2D eigenvalue weighted by molar-refractivity contribution is 7.99. The highest BCUT2D eigenvalue weighted by Crippen LogP contribution is 2.32. The molecule has 0 spiro atoms. The van der Waals surface area contributed by atoms with E-state index < -0.39 is 0 Å². The second-order valence-corrected chi connectivity index (χ2v) is 8.14. The van der Waals surface area contributed by atoms with Crippen LogP contribution in [0.1, 0.15) is 35.6 Å². The summed E-state index contributed by atoms with van der Waals surface area (Å²) in [7, 11) is 0. The molecule has 1 unspecified atom stereocenters. The summed E-state index contributed by atoms with van der Waals surface area (Å²) in [5, 5.41) is 9.02. The fourth-order valence-corrected chi connectivity index (χ4v) is 4.49. The Labute approximate surface area is 169 Å². The van der Waals surface area contributed by atoms with Gasteiger partial charge in [0.2, 0.25) is 5.91 Å². The van der Waals surface area contributed by atoms with E-state index in [4.69, 9.17) is 0 Å². The minimum Gasteiger partial charge on any atom is -0.335 e. The van der Waals surface area contributed by atoms with Crippen LogP contribution >= 0.6 is 11.8 Å². The van der Waals surface area contributed by atoms with Crippen LogP contribution in [0.25, 0.3) is 5.69 Å². The lowest BCUT2D eigenvalue weighted by molar-refractivity contribution is -0.129. The second-order valence-electron chi connectivity index (χ2n) is 7.20. The van der Waals surface area contributed by atoms with Crippen LogP contribution in [0.4, 0.5) is 0 Å². The first-order chi connectivity index (χ1) is 13.6. The summed E-state index contributed by atoms with van der Waals surface area (Å²) in [5.74, 6) is 0.526. The lowest BCUT2D eigenvalue weighted by Crippen LogP contribution is -2.32. The monoisotopic (exact) mass is 392 g/mol. The predicted molar refractivity (Wildman–Crippen MR) is 112 cm³/mol. The second kappa shape index (κ2) is 8.19. The van der Waals surface area contributed by atoms with E-state index in [-0.39, 0.29) is 11.9 Å². The fraction of sp³-hybridized carbons (Fsp3) is 0.318. The van der Waals surface area contributed by atoms with E-state index in [9.17, 15) is 4.79 Å². The smallest absolute Gasteiger partial charge is 0.233 e. The first kappa shape index (κ1) is 18.7. The molecular formula is C22H24N4OS. The van der Waals surface area contributed by atoms with Crippen LogP contribution in [0.5, 0.6) is 0 Å². The van der Waals surface area contributed by atoms with Crippen molar-refractivity contribution in [1.82, 2.24) is 19.7 Å². The molecule has 4 rings (SSSR count). The number of rotatable bonds is 5. The van der Waals surface area contributed by atoms with Crippen molar-refractivity contribution in [3.8, 4) is 5.69 Å². The first-order valence-corrected chi connectivity index (χ1v) is 10.6. The molecule has 28 heavy (non-hydrogen) atoms. The molecule has 0 saturated carbocycles. The Kier molecular flexibility index (Phi) is 5.48. The number of hydrogen-bond donors (Lipinski definition) is 0. The maximum absolute atomic E-state index is 12.9. The van der Waals surface area contributed by atoms with Gasteiger partial charge in [0.1, 0.15) is 6.33 Å². The Morgan fingerprint density at radius 3 is 2.75 bits per heavy atom. The number of likely N-dealkylation sites (tertiary alicyclic amines) is 1. The summed E-state index contributed by atoms with van der Waals surface area (Å²) >= 11 is 1.45. The number of aromatic nitrogens is 3. The summed E-state index contributed by atoms with van der Waals surface area (Å²) in [5.41, 5.74) is 4.71. The Hall–Kier alpha value is -2.60. The molecule has 1 fully saturated rings. The van der Waals surface area contributed by atoms with Gasteiger partial charge in [0.25, 0.3) is 0 Å². The molecule has 3 aromatic rings. The van der Waals surface area contributed by atoms with Crippen molar-refractivity contribution >= 4 is 17.7 Å². The number of amides is 1. The summed E-state index contributed by atoms with van der Waals surface area (Å²) < 4.78 is 1.95. The van der Waals surface area contributed by atoms with Gasteiger partial charge < -0.3 is 4.90 Å². The number of thioether (sulfide) groups is 1. The number of hydrogen-bond acceptors (Lipinski definition) is 4. The molecule has 0 aliphatic carbocycles. The summed E-state index contributed by atoms with van der Waals surface area (Å²) in [6.45, 7) is 5.01. The van der Waals surface area contributed by atoms with Crippen LogP contribution in [0.2, 0.25) is 0 Å². The maximum Gasteiger partial charge on any atom is 0.233 e. The third kappa shape index (κ3) is 3.83. The molecule has 1 aliphatic heterocycles. The van der Waals surface area contributed by atoms with Gasteiger partial charge in [-0.3, -0.25) is 9.36 Å². The van der Waals surface area contributed by atoms with Crippen molar-refractivity contribution < 1.29 is 4.79 Å². The van der Waals surface area contributed by atoms with Crippen molar-refractivity contribution in [3.63, 3.8) is 0 Å². The maximum atomic E-state index is 12.9. The molecule has 2 aromatic carbocycles. The molecule has 0 radical (unpaired) electrons. The highest BCUT2D eigenvalue weighted by atomic mass is 32.2. The third-order valence-electron chi connectivity index (χ3n) is 5.37. The zero-order chi connectivity index (χ0) is 19.5. The van der Waals surface area contributed by atoms with E-state index in [1.807, 2.05) is 27.7 Å². The van der Waals surface area contributed by atoms with Gasteiger partial charge >= 0.3 is 0 Å². The minimum absolute atomic E-state index is 0.158. The quantitative estimate of drug-likeness (QED) is 0.606. The zero-order valence-electron chi connectivity index (χ0n) is 16.2. The molecule has 1 atom stereocenters. The lowest BCUT2D eigenvalue weighted by Gasteiger charge is -2.25. The van der Waals surface area contributed by atoms with Crippen LogP contribution in [0, 0.1) is 13.8 Å². The van der Waals surface area contributed by atoms with E-state index in [1.54, 1.807) is 6.33 Å². The van der Waals surface area contributed by atoms with Crippen molar-refractivity contribution in [2.75, 3.05) is 12.3 Å². The molecule has 0 N–H and O–H groups in total. The summed E-state index contributed by atoms with van der Waals surface area (Å²) in [6.07, 6.45) is 3.79. The SMILES string of the molecule is Cc1ccc(-n2cnnc2SCC(=O)N2CCCC2c2ccccc2)cc1C. The van der Waals surface area contributed by atoms with Gasteiger partial charge in [0.05, 0.1) is 11.8 Å². The molecule has 2 heterocycles. The number of nitrogens with zero attached hydrogens (tertiary/aromatic N) is 4. The van der Waals surface area contributed by atoms with Crippen molar-refractivity contribution in [3.05, 3.63) is 71.5 Å². The molecule has 144 valence electrons. The molecule has 0 bridgehead atoms. The van der Waals surface area contributed by atoms with E-state index >= 15 is 0 Å². The standard InChI is InChI=1S/C22H24N4OS/c1-16-10-11-19(13-17(16)2)26-15-23-24-22(26)28-14-21(27)25-12-6-9-20(25)18-7-4-3-5-8-18/h3-5,7-8,10-11,13,15,20H,6,9,12,14H2,1-2H3. The van der Waals surface area contributed by atoms with Gasteiger partial charge in [0.15, 0.2) is 5.16 Å². The molecule has 6 heteroatoms. The van der Waals surface area contributed by atoms with E-state index in [0.29, 0.717) is 5.75 Å². The largest absolute Gasteiger partial charge is 0.335 e. The number of benzene rings is 2. The zero-order valence-corrected chi connectivity index (χ0v) is 17.0. The Morgan fingerprint density at radius 2 is 1.96 bits per heavy atom. The van der Waals surface area contributed by atoms with Crippen LogP contribution in [0.3, 0.4) is 0 Å². The Morgan fingerprint density at radius 1 is 1.14 bits per heavy atom. The molecule has 1 aliphatic rings. The molecule has 5 nitrogen and oxygen atoms in total. The van der Waals surface area contributed by atoms with Gasteiger partial charge in [-0.05, 0) is 55.5 Å². The van der Waals surface area contributed by atoms with Crippen LogP contribution in [-0.2, 0) is 4.79 Å². The number of carbonyl (C=O) groups excluding carboxylic acids is 1. The normalized spacial score (nSPS) is 16.5. The van der Waals surface area contributed by atoms with E-state index in [2.05, 4.69) is 54.4 Å².